The van der Waals surface area contributed by atoms with Crippen LogP contribution in [-0.4, -0.2) is 4.98 Å². The highest BCUT2D eigenvalue weighted by atomic mass is 35.5. The summed E-state index contributed by atoms with van der Waals surface area (Å²) in [6.07, 6.45) is 1.39. The van der Waals surface area contributed by atoms with Crippen LogP contribution in [0.5, 0.6) is 11.6 Å². The molecule has 0 unspecified atom stereocenters. The number of alkyl halides is 1. The molecule has 0 radical (unpaired) electrons. The van der Waals surface area contributed by atoms with Gasteiger partial charge in [0.25, 0.3) is 5.88 Å². The fourth-order valence-corrected chi connectivity index (χ4v) is 1.63. The van der Waals surface area contributed by atoms with E-state index in [1.807, 2.05) is 0 Å². The van der Waals surface area contributed by atoms with E-state index in [1.165, 1.54) is 24.4 Å². The van der Waals surface area contributed by atoms with Crippen LogP contribution in [0.4, 0.5) is 8.78 Å². The van der Waals surface area contributed by atoms with Crippen LogP contribution >= 0.6 is 11.6 Å². The van der Waals surface area contributed by atoms with Crippen LogP contribution in [0.3, 0.4) is 0 Å². The van der Waals surface area contributed by atoms with Gasteiger partial charge in [0, 0.05) is 17.8 Å². The highest BCUT2D eigenvalue weighted by Gasteiger charge is 2.12. The fraction of sp³-hybridized carbons (Fsp3) is 0.154. The van der Waals surface area contributed by atoms with Crippen LogP contribution in [0.15, 0.2) is 30.5 Å². The Morgan fingerprint density at radius 3 is 2.78 bits per heavy atom. The van der Waals surface area contributed by atoms with E-state index in [9.17, 15) is 8.78 Å². The van der Waals surface area contributed by atoms with E-state index in [1.54, 1.807) is 13.0 Å². The van der Waals surface area contributed by atoms with Crippen molar-refractivity contribution in [3.63, 3.8) is 0 Å². The van der Waals surface area contributed by atoms with Gasteiger partial charge in [0.2, 0.25) is 0 Å². The highest BCUT2D eigenvalue weighted by Crippen LogP contribution is 2.27. The standard InChI is InChI=1S/C13H10ClF2NO/c1-8-2-3-10(15)6-11(8)18-13-12(16)9(7-14)4-5-17-13/h2-6H,7H2,1H3. The van der Waals surface area contributed by atoms with Gasteiger partial charge < -0.3 is 4.74 Å². The first-order chi connectivity index (χ1) is 8.61. The Balaban J connectivity index is 2.37. The Morgan fingerprint density at radius 1 is 1.28 bits per heavy atom. The summed E-state index contributed by atoms with van der Waals surface area (Å²) < 4.78 is 32.2. The average Bonchev–Trinajstić information content (AvgIpc) is 2.36. The predicted molar refractivity (Wildman–Crippen MR) is 65.0 cm³/mol. The molecule has 0 fully saturated rings. The van der Waals surface area contributed by atoms with Gasteiger partial charge in [-0.1, -0.05) is 6.07 Å². The maximum absolute atomic E-state index is 13.8. The molecule has 0 bridgehead atoms. The van der Waals surface area contributed by atoms with Gasteiger partial charge in [-0.05, 0) is 24.6 Å². The van der Waals surface area contributed by atoms with Crippen molar-refractivity contribution in [3.05, 3.63) is 53.2 Å². The smallest absolute Gasteiger partial charge is 0.256 e. The van der Waals surface area contributed by atoms with Gasteiger partial charge >= 0.3 is 0 Å². The lowest BCUT2D eigenvalue weighted by molar-refractivity contribution is 0.415. The second-order valence-electron chi connectivity index (χ2n) is 3.73. The first kappa shape index (κ1) is 12.8. The third-order valence-corrected chi connectivity index (χ3v) is 2.73. The third kappa shape index (κ3) is 2.59. The first-order valence-corrected chi connectivity index (χ1v) is 5.78. The van der Waals surface area contributed by atoms with Crippen molar-refractivity contribution in [2.75, 3.05) is 0 Å². The minimum atomic E-state index is -0.629. The summed E-state index contributed by atoms with van der Waals surface area (Å²) in [5.41, 5.74) is 0.976. The van der Waals surface area contributed by atoms with Crippen molar-refractivity contribution in [3.8, 4) is 11.6 Å². The topological polar surface area (TPSA) is 22.1 Å². The number of benzene rings is 1. The van der Waals surface area contributed by atoms with Gasteiger partial charge in [-0.25, -0.2) is 13.8 Å². The molecule has 5 heteroatoms. The van der Waals surface area contributed by atoms with Gasteiger partial charge in [-0.15, -0.1) is 11.6 Å². The molecule has 0 aliphatic carbocycles. The van der Waals surface area contributed by atoms with E-state index in [-0.39, 0.29) is 23.1 Å². The van der Waals surface area contributed by atoms with E-state index < -0.39 is 11.6 Å². The molecule has 1 aromatic heterocycles. The molecule has 18 heavy (non-hydrogen) atoms. The quantitative estimate of drug-likeness (QED) is 0.779. The van der Waals surface area contributed by atoms with Crippen molar-refractivity contribution in [1.82, 2.24) is 4.98 Å². The number of nitrogens with zero attached hydrogens (tertiary/aromatic N) is 1. The molecule has 1 aromatic carbocycles. The zero-order chi connectivity index (χ0) is 13.1. The van der Waals surface area contributed by atoms with E-state index in [0.29, 0.717) is 5.56 Å². The molecule has 0 aliphatic heterocycles. The van der Waals surface area contributed by atoms with Crippen LogP contribution in [0.1, 0.15) is 11.1 Å². The first-order valence-electron chi connectivity index (χ1n) is 5.25. The molecule has 1 heterocycles. The second kappa shape index (κ2) is 5.31. The number of aromatic nitrogens is 1. The largest absolute Gasteiger partial charge is 0.436 e. The number of aryl methyl sites for hydroxylation is 1. The Morgan fingerprint density at radius 2 is 2.06 bits per heavy atom. The summed E-state index contributed by atoms with van der Waals surface area (Å²) >= 11 is 5.58. The molecule has 0 aliphatic rings. The van der Waals surface area contributed by atoms with Crippen molar-refractivity contribution in [2.24, 2.45) is 0 Å². The summed E-state index contributed by atoms with van der Waals surface area (Å²) in [6.45, 7) is 1.73. The number of ether oxygens (including phenoxy) is 1. The Labute approximate surface area is 108 Å². The molecule has 0 saturated heterocycles. The number of hydrogen-bond acceptors (Lipinski definition) is 2. The molecule has 0 amide bonds. The van der Waals surface area contributed by atoms with Crippen LogP contribution in [0.25, 0.3) is 0 Å². The summed E-state index contributed by atoms with van der Waals surface area (Å²) in [5.74, 6) is -1.04. The molecule has 2 rings (SSSR count). The van der Waals surface area contributed by atoms with Gasteiger partial charge in [0.15, 0.2) is 5.82 Å². The van der Waals surface area contributed by atoms with Crippen LogP contribution in [0.2, 0.25) is 0 Å². The minimum Gasteiger partial charge on any atom is -0.436 e. The maximum atomic E-state index is 13.8. The van der Waals surface area contributed by atoms with Crippen molar-refractivity contribution >= 4 is 11.6 Å². The zero-order valence-corrected chi connectivity index (χ0v) is 10.3. The second-order valence-corrected chi connectivity index (χ2v) is 4.00. The monoisotopic (exact) mass is 269 g/mol. The van der Waals surface area contributed by atoms with Crippen molar-refractivity contribution in [2.45, 2.75) is 12.8 Å². The predicted octanol–water partition coefficient (Wildman–Crippen LogP) is 4.20. The highest BCUT2D eigenvalue weighted by molar-refractivity contribution is 6.17. The van der Waals surface area contributed by atoms with Gasteiger partial charge in [-0.2, -0.15) is 0 Å². The molecule has 2 nitrogen and oxygen atoms in total. The lowest BCUT2D eigenvalue weighted by atomic mass is 10.2. The zero-order valence-electron chi connectivity index (χ0n) is 9.58. The summed E-state index contributed by atoms with van der Waals surface area (Å²) in [5, 5.41) is 0. The summed E-state index contributed by atoms with van der Waals surface area (Å²) in [4.78, 5) is 3.77. The van der Waals surface area contributed by atoms with E-state index in [4.69, 9.17) is 16.3 Å². The number of hydrogen-bond donors (Lipinski definition) is 0. The molecule has 0 saturated carbocycles. The summed E-state index contributed by atoms with van der Waals surface area (Å²) in [6, 6.07) is 5.51. The summed E-state index contributed by atoms with van der Waals surface area (Å²) in [7, 11) is 0. The third-order valence-electron chi connectivity index (χ3n) is 2.44. The van der Waals surface area contributed by atoms with Gasteiger partial charge in [-0.3, -0.25) is 0 Å². The normalized spacial score (nSPS) is 10.4. The molecule has 94 valence electrons. The molecule has 2 aromatic rings. The Hall–Kier alpha value is -1.68. The van der Waals surface area contributed by atoms with Crippen LogP contribution < -0.4 is 4.74 Å². The SMILES string of the molecule is Cc1ccc(F)cc1Oc1nccc(CCl)c1F. The van der Waals surface area contributed by atoms with Gasteiger partial charge in [0.05, 0.1) is 5.88 Å². The van der Waals surface area contributed by atoms with Gasteiger partial charge in [0.1, 0.15) is 11.6 Å². The molecule has 0 N–H and O–H groups in total. The number of rotatable bonds is 3. The van der Waals surface area contributed by atoms with Crippen LogP contribution in [0, 0.1) is 18.6 Å². The maximum Gasteiger partial charge on any atom is 0.256 e. The fourth-order valence-electron chi connectivity index (χ4n) is 1.42. The average molecular weight is 270 g/mol. The number of halogens is 3. The van der Waals surface area contributed by atoms with E-state index >= 15 is 0 Å². The van der Waals surface area contributed by atoms with Crippen LogP contribution in [-0.2, 0) is 5.88 Å². The van der Waals surface area contributed by atoms with E-state index in [0.717, 1.165) is 0 Å². The number of pyridine rings is 1. The Kier molecular flexibility index (Phi) is 3.77. The van der Waals surface area contributed by atoms with Crippen molar-refractivity contribution < 1.29 is 13.5 Å². The lowest BCUT2D eigenvalue weighted by Gasteiger charge is -2.09. The lowest BCUT2D eigenvalue weighted by Crippen LogP contribution is -1.97. The molecule has 0 spiro atoms. The van der Waals surface area contributed by atoms with Crippen molar-refractivity contribution in [1.29, 1.82) is 0 Å². The minimum absolute atomic E-state index is 0.0207. The Bertz CT molecular complexity index is 575. The molecular weight excluding hydrogens is 260 g/mol. The molecular formula is C13H10ClF2NO. The van der Waals surface area contributed by atoms with E-state index in [2.05, 4.69) is 4.98 Å². The molecule has 0 atom stereocenters.